The summed E-state index contributed by atoms with van der Waals surface area (Å²) >= 11 is 3.52. The van der Waals surface area contributed by atoms with E-state index >= 15 is 0 Å². The molecule has 0 bridgehead atoms. The van der Waals surface area contributed by atoms with Crippen molar-refractivity contribution in [1.29, 1.82) is 0 Å². The molecule has 0 unspecified atom stereocenters. The van der Waals surface area contributed by atoms with Crippen LogP contribution in [0.5, 0.6) is 5.75 Å². The van der Waals surface area contributed by atoms with Crippen molar-refractivity contribution in [2.45, 2.75) is 59.0 Å². The molecule has 31 heavy (non-hydrogen) atoms. The first-order chi connectivity index (χ1) is 15.0. The van der Waals surface area contributed by atoms with Gasteiger partial charge < -0.3 is 15.0 Å². The minimum absolute atomic E-state index is 0.117. The molecule has 5 nitrogen and oxygen atoms in total. The van der Waals surface area contributed by atoms with Crippen LogP contribution >= 0.6 is 15.9 Å². The summed E-state index contributed by atoms with van der Waals surface area (Å²) in [6.07, 6.45) is 3.38. The van der Waals surface area contributed by atoms with Crippen molar-refractivity contribution in [3.63, 3.8) is 0 Å². The number of unbranched alkanes of at least 4 members (excludes halogenated alkanes) is 1. The molecule has 2 rings (SSSR count). The number of carbonyl (C=O) groups excluding carboxylic acids is 2. The maximum atomic E-state index is 13.2. The lowest BCUT2D eigenvalue weighted by atomic mass is 10.1. The lowest BCUT2D eigenvalue weighted by molar-refractivity contribution is -0.143. The van der Waals surface area contributed by atoms with E-state index in [1.165, 1.54) is 5.56 Å². The van der Waals surface area contributed by atoms with Crippen LogP contribution in [-0.4, -0.2) is 35.9 Å². The van der Waals surface area contributed by atoms with Crippen LogP contribution in [-0.2, 0) is 22.6 Å². The van der Waals surface area contributed by atoms with Crippen molar-refractivity contribution in [2.24, 2.45) is 0 Å². The molecule has 2 aromatic rings. The zero-order valence-corrected chi connectivity index (χ0v) is 20.3. The van der Waals surface area contributed by atoms with Gasteiger partial charge in [0.1, 0.15) is 11.8 Å². The van der Waals surface area contributed by atoms with E-state index in [1.54, 1.807) is 4.90 Å². The summed E-state index contributed by atoms with van der Waals surface area (Å²) < 4.78 is 6.64. The van der Waals surface area contributed by atoms with E-state index < -0.39 is 6.04 Å². The van der Waals surface area contributed by atoms with E-state index in [4.69, 9.17) is 4.74 Å². The molecule has 2 amide bonds. The molecular formula is C25H33BrN2O3. The third-order valence-electron chi connectivity index (χ3n) is 5.17. The Labute approximate surface area is 194 Å². The minimum Gasteiger partial charge on any atom is -0.483 e. The van der Waals surface area contributed by atoms with Crippen molar-refractivity contribution in [3.05, 3.63) is 64.1 Å². The first-order valence-corrected chi connectivity index (χ1v) is 11.8. The first kappa shape index (κ1) is 24.9. The maximum absolute atomic E-state index is 13.2. The van der Waals surface area contributed by atoms with Gasteiger partial charge in [-0.05, 0) is 58.5 Å². The Bertz CT molecular complexity index is 842. The smallest absolute Gasteiger partial charge is 0.261 e. The topological polar surface area (TPSA) is 58.6 Å². The molecule has 0 aliphatic rings. The molecule has 0 fully saturated rings. The molecule has 0 aliphatic heterocycles. The maximum Gasteiger partial charge on any atom is 0.261 e. The van der Waals surface area contributed by atoms with Gasteiger partial charge in [-0.3, -0.25) is 9.59 Å². The second-order valence-electron chi connectivity index (χ2n) is 7.48. The molecule has 168 valence electrons. The predicted octanol–water partition coefficient (Wildman–Crippen LogP) is 5.11. The van der Waals surface area contributed by atoms with E-state index in [1.807, 2.05) is 55.5 Å². The summed E-state index contributed by atoms with van der Waals surface area (Å²) in [5.41, 5.74) is 2.16. The van der Waals surface area contributed by atoms with Crippen LogP contribution in [0.4, 0.5) is 0 Å². The quantitative estimate of drug-likeness (QED) is 0.422. The third kappa shape index (κ3) is 7.69. The number of halogens is 1. The molecule has 0 spiro atoms. The summed E-state index contributed by atoms with van der Waals surface area (Å²) in [5.74, 6) is 0.284. The Morgan fingerprint density at radius 1 is 1.06 bits per heavy atom. The Morgan fingerprint density at radius 2 is 1.81 bits per heavy atom. The molecule has 0 aliphatic carbocycles. The molecule has 0 saturated carbocycles. The summed E-state index contributed by atoms with van der Waals surface area (Å²) in [6.45, 7) is 6.94. The number of aryl methyl sites for hydroxylation is 1. The molecular weight excluding hydrogens is 456 g/mol. The van der Waals surface area contributed by atoms with Crippen LogP contribution in [0.15, 0.2) is 53.0 Å². The van der Waals surface area contributed by atoms with E-state index in [-0.39, 0.29) is 18.4 Å². The second-order valence-corrected chi connectivity index (χ2v) is 8.34. The van der Waals surface area contributed by atoms with Crippen LogP contribution in [0.3, 0.4) is 0 Å². The zero-order valence-electron chi connectivity index (χ0n) is 18.7. The normalized spacial score (nSPS) is 11.6. The number of hydrogen-bond acceptors (Lipinski definition) is 3. The van der Waals surface area contributed by atoms with Crippen molar-refractivity contribution in [2.75, 3.05) is 13.2 Å². The van der Waals surface area contributed by atoms with Gasteiger partial charge in [0.05, 0.1) is 4.47 Å². The van der Waals surface area contributed by atoms with Gasteiger partial charge in [-0.15, -0.1) is 0 Å². The Balaban J connectivity index is 2.15. The molecule has 1 atom stereocenters. The Hall–Kier alpha value is -2.34. The molecule has 6 heteroatoms. The SMILES string of the molecule is CCCCNC(=O)[C@H](CC)N(Cc1ccccc1)C(=O)COc1ccc(CC)cc1Br. The van der Waals surface area contributed by atoms with Gasteiger partial charge in [-0.1, -0.05) is 63.6 Å². The number of nitrogens with zero attached hydrogens (tertiary/aromatic N) is 1. The highest BCUT2D eigenvalue weighted by molar-refractivity contribution is 9.10. The number of ether oxygens (including phenoxy) is 1. The Morgan fingerprint density at radius 3 is 2.42 bits per heavy atom. The second kappa shape index (κ2) is 13.2. The van der Waals surface area contributed by atoms with Gasteiger partial charge in [0, 0.05) is 13.1 Å². The van der Waals surface area contributed by atoms with Crippen LogP contribution in [0.25, 0.3) is 0 Å². The van der Waals surface area contributed by atoms with Crippen LogP contribution in [0.1, 0.15) is 51.2 Å². The predicted molar refractivity (Wildman–Crippen MR) is 128 cm³/mol. The van der Waals surface area contributed by atoms with Gasteiger partial charge in [0.15, 0.2) is 6.61 Å². The minimum atomic E-state index is -0.543. The number of carbonyl (C=O) groups is 2. The number of hydrogen-bond donors (Lipinski definition) is 1. The fourth-order valence-corrected chi connectivity index (χ4v) is 3.85. The number of benzene rings is 2. The van der Waals surface area contributed by atoms with Gasteiger partial charge in [0.2, 0.25) is 5.91 Å². The monoisotopic (exact) mass is 488 g/mol. The van der Waals surface area contributed by atoms with Crippen LogP contribution in [0, 0.1) is 0 Å². The van der Waals surface area contributed by atoms with Gasteiger partial charge in [0.25, 0.3) is 5.91 Å². The number of amides is 2. The van der Waals surface area contributed by atoms with Crippen molar-refractivity contribution < 1.29 is 14.3 Å². The third-order valence-corrected chi connectivity index (χ3v) is 5.79. The largest absolute Gasteiger partial charge is 0.483 e. The average molecular weight is 489 g/mol. The summed E-state index contributed by atoms with van der Waals surface area (Å²) in [4.78, 5) is 27.7. The first-order valence-electron chi connectivity index (χ1n) is 11.0. The summed E-state index contributed by atoms with van der Waals surface area (Å²) in [7, 11) is 0. The molecule has 0 aromatic heterocycles. The van der Waals surface area contributed by atoms with Crippen molar-refractivity contribution in [1.82, 2.24) is 10.2 Å². The Kier molecular flexibility index (Phi) is 10.6. The fourth-order valence-electron chi connectivity index (χ4n) is 3.31. The lowest BCUT2D eigenvalue weighted by Gasteiger charge is -2.30. The highest BCUT2D eigenvalue weighted by Crippen LogP contribution is 2.26. The fraction of sp³-hybridized carbons (Fsp3) is 0.440. The van der Waals surface area contributed by atoms with E-state index in [0.29, 0.717) is 25.3 Å². The lowest BCUT2D eigenvalue weighted by Crippen LogP contribution is -2.50. The van der Waals surface area contributed by atoms with E-state index in [2.05, 4.69) is 35.1 Å². The molecule has 0 saturated heterocycles. The van der Waals surface area contributed by atoms with Crippen molar-refractivity contribution in [3.8, 4) is 5.75 Å². The van der Waals surface area contributed by atoms with Gasteiger partial charge in [-0.25, -0.2) is 0 Å². The standard InChI is InChI=1S/C25H33BrN2O3/c1-4-7-15-27-25(30)22(6-3)28(17-20-11-9-8-10-12-20)24(29)18-31-23-14-13-19(5-2)16-21(23)26/h8-14,16,22H,4-7,15,17-18H2,1-3H3,(H,27,30)/t22-/m0/s1. The highest BCUT2D eigenvalue weighted by Gasteiger charge is 2.28. The number of nitrogens with one attached hydrogen (secondary N) is 1. The number of rotatable bonds is 12. The molecule has 0 radical (unpaired) electrons. The molecule has 1 N–H and O–H groups in total. The van der Waals surface area contributed by atoms with Crippen LogP contribution in [0.2, 0.25) is 0 Å². The highest BCUT2D eigenvalue weighted by atomic mass is 79.9. The molecule has 0 heterocycles. The van der Waals surface area contributed by atoms with Gasteiger partial charge >= 0.3 is 0 Å². The van der Waals surface area contributed by atoms with Gasteiger partial charge in [-0.2, -0.15) is 0 Å². The average Bonchev–Trinajstić information content (AvgIpc) is 2.78. The molecule has 2 aromatic carbocycles. The van der Waals surface area contributed by atoms with E-state index in [0.717, 1.165) is 29.3 Å². The van der Waals surface area contributed by atoms with E-state index in [9.17, 15) is 9.59 Å². The van der Waals surface area contributed by atoms with Crippen molar-refractivity contribution >= 4 is 27.7 Å². The summed E-state index contributed by atoms with van der Waals surface area (Å²) in [6, 6.07) is 15.0. The van der Waals surface area contributed by atoms with Crippen LogP contribution < -0.4 is 10.1 Å². The summed E-state index contributed by atoms with van der Waals surface area (Å²) in [5, 5.41) is 2.97. The zero-order chi connectivity index (χ0) is 22.6.